The number of carbonyl (C=O) groups excluding carboxylic acids is 2. The van der Waals surface area contributed by atoms with Gasteiger partial charge in [0.05, 0.1) is 12.5 Å². The van der Waals surface area contributed by atoms with Gasteiger partial charge in [0.1, 0.15) is 6.10 Å². The van der Waals surface area contributed by atoms with E-state index >= 15 is 0 Å². The Balaban J connectivity index is 2.30. The van der Waals surface area contributed by atoms with Crippen LogP contribution in [-0.2, 0) is 19.1 Å². The Kier molecular flexibility index (Phi) is 5.14. The molecule has 0 spiro atoms. The lowest BCUT2D eigenvalue weighted by atomic mass is 9.82. The number of rotatable bonds is 4. The summed E-state index contributed by atoms with van der Waals surface area (Å²) in [5.74, 6) is -0.814. The van der Waals surface area contributed by atoms with Crippen LogP contribution in [0.25, 0.3) is 5.57 Å². The normalized spacial score (nSPS) is 21.3. The molecule has 0 aromatic heterocycles. The van der Waals surface area contributed by atoms with E-state index in [9.17, 15) is 9.59 Å². The standard InChI is InChI=1S/C17H20O4/c1-3-20-17(19)15-10-9-14(21-12(2)18)11-16(15)13-7-5-4-6-8-13/h4-8,11,14-15H,3,9-10H2,1-2H3. The molecule has 0 aliphatic heterocycles. The highest BCUT2D eigenvalue weighted by molar-refractivity contribution is 5.89. The van der Waals surface area contributed by atoms with E-state index in [4.69, 9.17) is 9.47 Å². The van der Waals surface area contributed by atoms with E-state index in [0.717, 1.165) is 11.1 Å². The molecule has 2 rings (SSSR count). The van der Waals surface area contributed by atoms with E-state index < -0.39 is 0 Å². The third-order valence-corrected chi connectivity index (χ3v) is 3.48. The fraction of sp³-hybridized carbons (Fsp3) is 0.412. The molecule has 0 saturated heterocycles. The molecule has 1 aromatic carbocycles. The summed E-state index contributed by atoms with van der Waals surface area (Å²) in [7, 11) is 0. The average Bonchev–Trinajstić information content (AvgIpc) is 2.47. The van der Waals surface area contributed by atoms with E-state index in [1.54, 1.807) is 6.92 Å². The number of hydrogen-bond acceptors (Lipinski definition) is 4. The van der Waals surface area contributed by atoms with Crippen LogP contribution in [-0.4, -0.2) is 24.6 Å². The van der Waals surface area contributed by atoms with Crippen LogP contribution in [0.1, 0.15) is 32.3 Å². The molecule has 0 heterocycles. The molecule has 21 heavy (non-hydrogen) atoms. The molecule has 4 heteroatoms. The monoisotopic (exact) mass is 288 g/mol. The van der Waals surface area contributed by atoms with Crippen molar-refractivity contribution in [3.63, 3.8) is 0 Å². The first-order chi connectivity index (χ1) is 10.1. The average molecular weight is 288 g/mol. The summed E-state index contributed by atoms with van der Waals surface area (Å²) in [5, 5.41) is 0. The van der Waals surface area contributed by atoms with Gasteiger partial charge in [0.15, 0.2) is 0 Å². The van der Waals surface area contributed by atoms with Gasteiger partial charge in [-0.25, -0.2) is 0 Å². The zero-order chi connectivity index (χ0) is 15.2. The first kappa shape index (κ1) is 15.3. The van der Waals surface area contributed by atoms with Crippen LogP contribution in [0.15, 0.2) is 36.4 Å². The summed E-state index contributed by atoms with van der Waals surface area (Å²) in [6.07, 6.45) is 2.86. The summed E-state index contributed by atoms with van der Waals surface area (Å²) < 4.78 is 10.4. The van der Waals surface area contributed by atoms with Crippen molar-refractivity contribution in [2.45, 2.75) is 32.8 Å². The fourth-order valence-corrected chi connectivity index (χ4v) is 2.61. The third-order valence-electron chi connectivity index (χ3n) is 3.48. The minimum Gasteiger partial charge on any atom is -0.466 e. The number of hydrogen-bond donors (Lipinski definition) is 0. The smallest absolute Gasteiger partial charge is 0.313 e. The van der Waals surface area contributed by atoms with E-state index in [-0.39, 0.29) is 24.0 Å². The van der Waals surface area contributed by atoms with Gasteiger partial charge in [-0.15, -0.1) is 0 Å². The Bertz CT molecular complexity index is 533. The summed E-state index contributed by atoms with van der Waals surface area (Å²) in [5.41, 5.74) is 1.85. The lowest BCUT2D eigenvalue weighted by Crippen LogP contribution is -2.27. The Morgan fingerprint density at radius 2 is 1.90 bits per heavy atom. The predicted molar refractivity (Wildman–Crippen MR) is 79.3 cm³/mol. The molecule has 0 saturated carbocycles. The van der Waals surface area contributed by atoms with Crippen molar-refractivity contribution in [2.75, 3.05) is 6.61 Å². The third kappa shape index (κ3) is 3.94. The van der Waals surface area contributed by atoms with Crippen molar-refractivity contribution in [1.82, 2.24) is 0 Å². The van der Waals surface area contributed by atoms with E-state index in [1.807, 2.05) is 36.4 Å². The molecule has 0 N–H and O–H groups in total. The Morgan fingerprint density at radius 3 is 2.52 bits per heavy atom. The van der Waals surface area contributed by atoms with Gasteiger partial charge in [-0.3, -0.25) is 9.59 Å². The number of esters is 2. The Labute approximate surface area is 124 Å². The molecule has 0 radical (unpaired) electrons. The molecular formula is C17H20O4. The zero-order valence-corrected chi connectivity index (χ0v) is 12.4. The number of ether oxygens (including phenoxy) is 2. The molecule has 2 atom stereocenters. The molecular weight excluding hydrogens is 268 g/mol. The maximum Gasteiger partial charge on any atom is 0.313 e. The van der Waals surface area contributed by atoms with E-state index in [2.05, 4.69) is 0 Å². The van der Waals surface area contributed by atoms with Crippen molar-refractivity contribution in [3.8, 4) is 0 Å². The van der Waals surface area contributed by atoms with Crippen molar-refractivity contribution >= 4 is 17.5 Å². The zero-order valence-electron chi connectivity index (χ0n) is 12.4. The van der Waals surface area contributed by atoms with Crippen molar-refractivity contribution < 1.29 is 19.1 Å². The number of carbonyl (C=O) groups is 2. The van der Waals surface area contributed by atoms with Crippen LogP contribution in [0.4, 0.5) is 0 Å². The van der Waals surface area contributed by atoms with Crippen LogP contribution < -0.4 is 0 Å². The molecule has 0 fully saturated rings. The van der Waals surface area contributed by atoms with Crippen molar-refractivity contribution in [1.29, 1.82) is 0 Å². The molecule has 0 bridgehead atoms. The molecule has 1 aliphatic rings. The molecule has 1 aliphatic carbocycles. The predicted octanol–water partition coefficient (Wildman–Crippen LogP) is 2.97. The summed E-state index contributed by atoms with van der Waals surface area (Å²) in [6, 6.07) is 9.68. The van der Waals surface area contributed by atoms with Crippen LogP contribution in [0.3, 0.4) is 0 Å². The maximum absolute atomic E-state index is 12.1. The van der Waals surface area contributed by atoms with Gasteiger partial charge in [-0.2, -0.15) is 0 Å². The molecule has 4 nitrogen and oxygen atoms in total. The second kappa shape index (κ2) is 7.07. The quantitative estimate of drug-likeness (QED) is 0.799. The minimum absolute atomic E-state index is 0.214. The summed E-state index contributed by atoms with van der Waals surface area (Å²) in [6.45, 7) is 3.56. The van der Waals surface area contributed by atoms with Gasteiger partial charge < -0.3 is 9.47 Å². The lowest BCUT2D eigenvalue weighted by Gasteiger charge is -2.27. The molecule has 112 valence electrons. The van der Waals surface area contributed by atoms with Crippen molar-refractivity contribution in [2.24, 2.45) is 5.92 Å². The Hall–Kier alpha value is -2.10. The van der Waals surface area contributed by atoms with E-state index in [1.165, 1.54) is 6.92 Å². The first-order valence-corrected chi connectivity index (χ1v) is 7.22. The molecule has 0 amide bonds. The maximum atomic E-state index is 12.1. The van der Waals surface area contributed by atoms with Crippen LogP contribution in [0.5, 0.6) is 0 Å². The fourth-order valence-electron chi connectivity index (χ4n) is 2.61. The molecule has 1 aromatic rings. The molecule has 2 unspecified atom stereocenters. The van der Waals surface area contributed by atoms with Crippen LogP contribution in [0.2, 0.25) is 0 Å². The highest BCUT2D eigenvalue weighted by atomic mass is 16.5. The SMILES string of the molecule is CCOC(=O)C1CCC(OC(C)=O)C=C1c1ccccc1. The van der Waals surface area contributed by atoms with Gasteiger partial charge in [-0.05, 0) is 37.0 Å². The van der Waals surface area contributed by atoms with Crippen LogP contribution in [0, 0.1) is 5.92 Å². The second-order valence-electron chi connectivity index (χ2n) is 5.02. The van der Waals surface area contributed by atoms with Gasteiger partial charge in [0.25, 0.3) is 0 Å². The summed E-state index contributed by atoms with van der Waals surface area (Å²) in [4.78, 5) is 23.3. The van der Waals surface area contributed by atoms with Gasteiger partial charge in [-0.1, -0.05) is 30.3 Å². The largest absolute Gasteiger partial charge is 0.466 e. The topological polar surface area (TPSA) is 52.6 Å². The summed E-state index contributed by atoms with van der Waals surface area (Å²) >= 11 is 0. The second-order valence-corrected chi connectivity index (χ2v) is 5.02. The number of benzene rings is 1. The first-order valence-electron chi connectivity index (χ1n) is 7.22. The van der Waals surface area contributed by atoms with Crippen molar-refractivity contribution in [3.05, 3.63) is 42.0 Å². The van der Waals surface area contributed by atoms with Crippen LogP contribution >= 0.6 is 0 Å². The van der Waals surface area contributed by atoms with Gasteiger partial charge in [0.2, 0.25) is 0 Å². The Morgan fingerprint density at radius 1 is 1.19 bits per heavy atom. The van der Waals surface area contributed by atoms with Gasteiger partial charge >= 0.3 is 11.9 Å². The lowest BCUT2D eigenvalue weighted by molar-refractivity contribution is -0.147. The van der Waals surface area contributed by atoms with Gasteiger partial charge in [0, 0.05) is 6.92 Å². The minimum atomic E-state index is -0.307. The highest BCUT2D eigenvalue weighted by Gasteiger charge is 2.31. The van der Waals surface area contributed by atoms with E-state index in [0.29, 0.717) is 19.4 Å². The highest BCUT2D eigenvalue weighted by Crippen LogP contribution is 2.34.